The number of carbonyl (C=O) groups is 1. The second kappa shape index (κ2) is 5.23. The zero-order valence-electron chi connectivity index (χ0n) is 6.88. The lowest BCUT2D eigenvalue weighted by atomic mass is 10.2. The first-order valence-electron chi connectivity index (χ1n) is 3.57. The molecule has 70 valence electrons. The van der Waals surface area contributed by atoms with Gasteiger partial charge in [-0.15, -0.1) is 0 Å². The molecule has 0 N–H and O–H groups in total. The molecule has 2 unspecified atom stereocenters. The number of hydroxylamine groups is 1. The number of amides is 1. The van der Waals surface area contributed by atoms with E-state index in [1.165, 1.54) is 0 Å². The van der Waals surface area contributed by atoms with Gasteiger partial charge >= 0.3 is 0 Å². The maximum atomic E-state index is 11.3. The van der Waals surface area contributed by atoms with Gasteiger partial charge in [-0.2, -0.15) is 0 Å². The summed E-state index contributed by atoms with van der Waals surface area (Å²) >= 11 is 0. The van der Waals surface area contributed by atoms with Gasteiger partial charge in [0, 0.05) is 21.9 Å². The summed E-state index contributed by atoms with van der Waals surface area (Å²) in [5, 5.41) is 0. The number of aromatic nitrogens is 1. The molecule has 1 amide bonds. The topological polar surface area (TPSA) is 42.4 Å². The number of nitrogens with zero attached hydrogens (tertiary/aromatic N) is 2. The van der Waals surface area contributed by atoms with E-state index in [1.54, 1.807) is 18.5 Å². The van der Waals surface area contributed by atoms with Crippen molar-refractivity contribution >= 4 is 24.8 Å². The molecular formula is C7H10N2O2P2. The molecule has 4 nitrogen and oxygen atoms in total. The monoisotopic (exact) mass is 216 g/mol. The maximum absolute atomic E-state index is 11.3. The first kappa shape index (κ1) is 10.5. The molecule has 13 heavy (non-hydrogen) atoms. The molecule has 1 aromatic heterocycles. The van der Waals surface area contributed by atoms with Crippen LogP contribution in [0.3, 0.4) is 0 Å². The molecule has 0 bridgehead atoms. The molecular weight excluding hydrogens is 206 g/mol. The molecule has 0 saturated heterocycles. The van der Waals surface area contributed by atoms with E-state index in [2.05, 4.69) is 19.0 Å². The fourth-order valence-electron chi connectivity index (χ4n) is 0.814. The van der Waals surface area contributed by atoms with Gasteiger partial charge in [-0.3, -0.25) is 14.4 Å². The van der Waals surface area contributed by atoms with Crippen molar-refractivity contribution in [3.8, 4) is 0 Å². The van der Waals surface area contributed by atoms with Crippen LogP contribution in [0, 0.1) is 0 Å². The third-order valence-electron chi connectivity index (χ3n) is 1.44. The van der Waals surface area contributed by atoms with Crippen LogP contribution in [0.4, 0.5) is 0 Å². The minimum Gasteiger partial charge on any atom is -0.272 e. The van der Waals surface area contributed by atoms with E-state index in [0.29, 0.717) is 0 Å². The number of pyridine rings is 1. The summed E-state index contributed by atoms with van der Waals surface area (Å²) in [5.41, 5.74) is 0.863. The Kier molecular flexibility index (Phi) is 4.23. The Balaban J connectivity index is 2.55. The molecule has 0 radical (unpaired) electrons. The predicted molar refractivity (Wildman–Crippen MR) is 55.3 cm³/mol. The largest absolute Gasteiger partial charge is 0.272 e. The summed E-state index contributed by atoms with van der Waals surface area (Å²) in [5.74, 6) is -0.145. The summed E-state index contributed by atoms with van der Waals surface area (Å²) in [4.78, 5) is 16.3. The van der Waals surface area contributed by atoms with Crippen molar-refractivity contribution < 1.29 is 9.42 Å². The summed E-state index contributed by atoms with van der Waals surface area (Å²) in [6.45, 7) is 0. The van der Waals surface area contributed by atoms with Crippen LogP contribution in [0.1, 0.15) is 5.56 Å². The lowest BCUT2D eigenvalue weighted by molar-refractivity contribution is -0.138. The first-order chi connectivity index (χ1) is 6.24. The number of rotatable bonds is 3. The highest BCUT2D eigenvalue weighted by Crippen LogP contribution is 2.08. The smallest absolute Gasteiger partial charge is 0.253 e. The molecule has 0 aliphatic rings. The lowest BCUT2D eigenvalue weighted by Crippen LogP contribution is -2.19. The Hall–Kier alpha value is -0.560. The van der Waals surface area contributed by atoms with Gasteiger partial charge in [0.1, 0.15) is 0 Å². The van der Waals surface area contributed by atoms with Gasteiger partial charge in [0.15, 0.2) is 0 Å². The van der Waals surface area contributed by atoms with E-state index in [4.69, 9.17) is 0 Å². The van der Waals surface area contributed by atoms with Crippen molar-refractivity contribution in [2.24, 2.45) is 0 Å². The van der Waals surface area contributed by atoms with E-state index in [0.717, 1.165) is 10.4 Å². The van der Waals surface area contributed by atoms with Crippen molar-refractivity contribution in [3.63, 3.8) is 0 Å². The molecule has 1 aromatic rings. The highest BCUT2D eigenvalue weighted by atomic mass is 31.0. The van der Waals surface area contributed by atoms with Crippen molar-refractivity contribution in [1.82, 2.24) is 9.82 Å². The van der Waals surface area contributed by atoms with Crippen LogP contribution in [0.25, 0.3) is 0 Å². The van der Waals surface area contributed by atoms with Gasteiger partial charge in [-0.1, -0.05) is 6.07 Å². The summed E-state index contributed by atoms with van der Waals surface area (Å²) in [7, 11) is 4.16. The van der Waals surface area contributed by atoms with Gasteiger partial charge in [0.05, 0.1) is 6.42 Å². The van der Waals surface area contributed by atoms with Crippen LogP contribution in [-0.4, -0.2) is 15.7 Å². The molecule has 0 aromatic carbocycles. The number of hydrogen-bond donors (Lipinski definition) is 0. The van der Waals surface area contributed by atoms with E-state index >= 15 is 0 Å². The van der Waals surface area contributed by atoms with Crippen molar-refractivity contribution in [3.05, 3.63) is 30.1 Å². The Morgan fingerprint density at radius 1 is 1.69 bits per heavy atom. The van der Waals surface area contributed by atoms with Crippen LogP contribution >= 0.6 is 18.9 Å². The fraction of sp³-hybridized carbons (Fsp3) is 0.143. The van der Waals surface area contributed by atoms with Gasteiger partial charge in [0.25, 0.3) is 5.91 Å². The minimum absolute atomic E-state index is 0.145. The number of hydrogen-bond acceptors (Lipinski definition) is 3. The minimum atomic E-state index is -0.145. The van der Waals surface area contributed by atoms with E-state index in [-0.39, 0.29) is 12.3 Å². The van der Waals surface area contributed by atoms with Crippen LogP contribution < -0.4 is 0 Å². The molecule has 2 atom stereocenters. The molecule has 0 spiro atoms. The van der Waals surface area contributed by atoms with Crippen molar-refractivity contribution in [2.45, 2.75) is 6.42 Å². The number of carbonyl (C=O) groups excluding carboxylic acids is 1. The Morgan fingerprint density at radius 3 is 3.00 bits per heavy atom. The van der Waals surface area contributed by atoms with Gasteiger partial charge in [-0.25, -0.2) is 4.83 Å². The normalized spacial score (nSPS) is 9.69. The maximum Gasteiger partial charge on any atom is 0.253 e. The Labute approximate surface area is 81.2 Å². The summed E-state index contributed by atoms with van der Waals surface area (Å²) in [6, 6.07) is 3.63. The zero-order chi connectivity index (χ0) is 9.68. The second-order valence-corrected chi connectivity index (χ2v) is 3.04. The Morgan fingerprint density at radius 2 is 2.46 bits per heavy atom. The van der Waals surface area contributed by atoms with E-state index < -0.39 is 0 Å². The zero-order valence-corrected chi connectivity index (χ0v) is 9.19. The average molecular weight is 216 g/mol. The molecule has 0 fully saturated rings. The van der Waals surface area contributed by atoms with Crippen molar-refractivity contribution in [1.29, 1.82) is 0 Å². The predicted octanol–water partition coefficient (Wildman–Crippen LogP) is 0.964. The van der Waals surface area contributed by atoms with Crippen LogP contribution in [0.15, 0.2) is 24.5 Å². The van der Waals surface area contributed by atoms with E-state index in [9.17, 15) is 4.79 Å². The molecule has 1 rings (SSSR count). The molecule has 0 aliphatic carbocycles. The second-order valence-electron chi connectivity index (χ2n) is 2.36. The van der Waals surface area contributed by atoms with Crippen LogP contribution in [-0.2, 0) is 15.8 Å². The summed E-state index contributed by atoms with van der Waals surface area (Å²) in [6.07, 6.45) is 3.60. The average Bonchev–Trinajstić information content (AvgIpc) is 2.18. The highest BCUT2D eigenvalue weighted by Gasteiger charge is 2.08. The van der Waals surface area contributed by atoms with Crippen LogP contribution in [0.2, 0.25) is 0 Å². The van der Waals surface area contributed by atoms with Gasteiger partial charge in [-0.05, 0) is 21.0 Å². The quantitative estimate of drug-likeness (QED) is 0.558. The molecule has 0 aliphatic heterocycles. The third kappa shape index (κ3) is 3.35. The van der Waals surface area contributed by atoms with Gasteiger partial charge < -0.3 is 0 Å². The van der Waals surface area contributed by atoms with Crippen molar-refractivity contribution in [2.75, 3.05) is 0 Å². The van der Waals surface area contributed by atoms with E-state index in [1.807, 2.05) is 15.5 Å². The van der Waals surface area contributed by atoms with Crippen LogP contribution in [0.5, 0.6) is 0 Å². The molecule has 1 heterocycles. The first-order valence-corrected chi connectivity index (χ1v) is 4.56. The fourth-order valence-corrected chi connectivity index (χ4v) is 1.02. The highest BCUT2D eigenvalue weighted by molar-refractivity contribution is 7.16. The molecule has 6 heteroatoms. The molecule has 0 saturated carbocycles. The standard InChI is InChI=1S/C7H10N2O2P2/c10-7(9(12)11-13)4-6-2-1-3-8-5-6/h1-3,5H,4,12-13H2. The SMILES string of the molecule is O=C(Cc1cccnc1)N(P)OP. The third-order valence-corrected chi connectivity index (χ3v) is 2.32. The Bertz CT molecular complexity index is 281. The summed E-state index contributed by atoms with van der Waals surface area (Å²) < 4.78 is 4.63. The lowest BCUT2D eigenvalue weighted by Gasteiger charge is -2.12. The van der Waals surface area contributed by atoms with Gasteiger partial charge in [0.2, 0.25) is 0 Å².